The van der Waals surface area contributed by atoms with E-state index in [1.165, 1.54) is 11.3 Å². The molecule has 0 spiro atoms. The molecular weight excluding hydrogens is 474 g/mol. The first-order valence-corrected chi connectivity index (χ1v) is 12.6. The summed E-state index contributed by atoms with van der Waals surface area (Å²) in [5, 5.41) is 4.95. The molecule has 2 aromatic heterocycles. The minimum absolute atomic E-state index is 0.222. The number of amides is 2. The summed E-state index contributed by atoms with van der Waals surface area (Å²) in [5.41, 5.74) is 3.02. The van der Waals surface area contributed by atoms with Crippen LogP contribution in [0.3, 0.4) is 0 Å². The topological polar surface area (TPSA) is 99.7 Å². The van der Waals surface area contributed by atoms with Crippen LogP contribution in [0.5, 0.6) is 0 Å². The number of thiazole rings is 1. The van der Waals surface area contributed by atoms with Crippen molar-refractivity contribution >= 4 is 51.4 Å². The molecule has 0 radical (unpaired) electrons. The lowest BCUT2D eigenvalue weighted by Gasteiger charge is -2.25. The molecular formula is C24H26ClN5O3S. The fraction of sp³-hybridized carbons (Fsp3) is 0.417. The van der Waals surface area contributed by atoms with E-state index in [0.717, 1.165) is 60.4 Å². The van der Waals surface area contributed by atoms with Crippen LogP contribution in [0.1, 0.15) is 50.1 Å². The largest absolute Gasteiger partial charge is 0.383 e. The zero-order valence-electron chi connectivity index (χ0n) is 18.9. The molecule has 178 valence electrons. The van der Waals surface area contributed by atoms with E-state index in [1.54, 1.807) is 19.2 Å². The number of hydrogen-bond donors (Lipinski definition) is 2. The Hall–Kier alpha value is -2.59. The number of H-pyrrole nitrogens is 1. The highest BCUT2D eigenvalue weighted by Crippen LogP contribution is 2.27. The van der Waals surface area contributed by atoms with Gasteiger partial charge in [0.25, 0.3) is 5.91 Å². The Kier molecular flexibility index (Phi) is 6.78. The van der Waals surface area contributed by atoms with Crippen molar-refractivity contribution in [2.45, 2.75) is 38.3 Å². The lowest BCUT2D eigenvalue weighted by atomic mass is 10.2. The van der Waals surface area contributed by atoms with Gasteiger partial charge in [0, 0.05) is 59.7 Å². The predicted molar refractivity (Wildman–Crippen MR) is 133 cm³/mol. The number of aromatic amines is 1. The number of carbonyl (C=O) groups is 2. The van der Waals surface area contributed by atoms with Crippen LogP contribution in [-0.4, -0.2) is 65.2 Å². The second kappa shape index (κ2) is 9.95. The van der Waals surface area contributed by atoms with E-state index in [1.807, 2.05) is 12.1 Å². The lowest BCUT2D eigenvalue weighted by molar-refractivity contribution is 0.0939. The van der Waals surface area contributed by atoms with Crippen LogP contribution in [0.25, 0.3) is 10.9 Å². The van der Waals surface area contributed by atoms with Crippen LogP contribution in [0, 0.1) is 0 Å². The lowest BCUT2D eigenvalue weighted by Crippen LogP contribution is -2.38. The second-order valence-electron chi connectivity index (χ2n) is 8.65. The van der Waals surface area contributed by atoms with Crippen LogP contribution in [0.4, 0.5) is 0 Å². The molecule has 1 aliphatic heterocycles. The van der Waals surface area contributed by atoms with Gasteiger partial charge in [-0.25, -0.2) is 9.98 Å². The number of aromatic nitrogens is 2. The van der Waals surface area contributed by atoms with Crippen molar-refractivity contribution in [2.75, 3.05) is 26.8 Å². The van der Waals surface area contributed by atoms with E-state index in [9.17, 15) is 9.59 Å². The van der Waals surface area contributed by atoms with Gasteiger partial charge < -0.3 is 15.0 Å². The van der Waals surface area contributed by atoms with E-state index in [0.29, 0.717) is 34.5 Å². The van der Waals surface area contributed by atoms with E-state index in [4.69, 9.17) is 16.3 Å². The van der Waals surface area contributed by atoms with Gasteiger partial charge in [-0.2, -0.15) is 0 Å². The third-order valence-corrected chi connectivity index (χ3v) is 7.62. The number of nitrogens with zero attached hydrogens (tertiary/aromatic N) is 3. The van der Waals surface area contributed by atoms with Crippen LogP contribution < -0.4 is 5.32 Å². The molecule has 1 fully saturated rings. The Labute approximate surface area is 206 Å². The molecule has 0 bridgehead atoms. The van der Waals surface area contributed by atoms with Crippen molar-refractivity contribution in [3.05, 3.63) is 50.6 Å². The molecule has 0 unspecified atom stereocenters. The third kappa shape index (κ3) is 4.93. The van der Waals surface area contributed by atoms with Gasteiger partial charge in [-0.3, -0.25) is 14.5 Å². The number of methoxy groups -OCH3 is 1. The molecule has 1 atom stereocenters. The van der Waals surface area contributed by atoms with Gasteiger partial charge in [0.05, 0.1) is 18.3 Å². The fourth-order valence-corrected chi connectivity index (χ4v) is 5.72. The number of rotatable bonds is 6. The Morgan fingerprint density at radius 2 is 2.24 bits per heavy atom. The van der Waals surface area contributed by atoms with Crippen molar-refractivity contribution in [1.29, 1.82) is 0 Å². The van der Waals surface area contributed by atoms with Crippen molar-refractivity contribution in [2.24, 2.45) is 4.99 Å². The molecule has 3 heterocycles. The van der Waals surface area contributed by atoms with Crippen molar-refractivity contribution in [3.63, 3.8) is 0 Å². The SMILES string of the molecule is COCCN1CCc2nc(C(=O)N=C3CCC[C@H]3NC(=O)c3cc4cc(Cl)ccc4[nH]3)sc2C1. The fourth-order valence-electron chi connectivity index (χ4n) is 4.51. The van der Waals surface area contributed by atoms with E-state index in [-0.39, 0.29) is 17.9 Å². The predicted octanol–water partition coefficient (Wildman–Crippen LogP) is 3.85. The van der Waals surface area contributed by atoms with Gasteiger partial charge in [0.15, 0.2) is 5.01 Å². The molecule has 1 saturated carbocycles. The second-order valence-corrected chi connectivity index (χ2v) is 10.2. The van der Waals surface area contributed by atoms with Gasteiger partial charge in [-0.15, -0.1) is 11.3 Å². The molecule has 8 nitrogen and oxygen atoms in total. The van der Waals surface area contributed by atoms with E-state index >= 15 is 0 Å². The van der Waals surface area contributed by atoms with Crippen molar-refractivity contribution < 1.29 is 14.3 Å². The number of ether oxygens (including phenoxy) is 1. The first-order chi connectivity index (χ1) is 16.5. The summed E-state index contributed by atoms with van der Waals surface area (Å²) in [5.74, 6) is -0.542. The first-order valence-electron chi connectivity index (χ1n) is 11.4. The molecule has 34 heavy (non-hydrogen) atoms. The van der Waals surface area contributed by atoms with Crippen LogP contribution in [0.2, 0.25) is 5.02 Å². The molecule has 2 amide bonds. The Morgan fingerprint density at radius 3 is 3.09 bits per heavy atom. The quantitative estimate of drug-likeness (QED) is 0.536. The van der Waals surface area contributed by atoms with E-state index < -0.39 is 0 Å². The first kappa shape index (κ1) is 23.2. The van der Waals surface area contributed by atoms with Crippen LogP contribution in [-0.2, 0) is 17.7 Å². The summed E-state index contributed by atoms with van der Waals surface area (Å²) < 4.78 is 5.17. The smallest absolute Gasteiger partial charge is 0.305 e. The van der Waals surface area contributed by atoms with Crippen LogP contribution >= 0.6 is 22.9 Å². The van der Waals surface area contributed by atoms with Crippen molar-refractivity contribution in [3.8, 4) is 0 Å². The number of fused-ring (bicyclic) bond motifs is 2. The summed E-state index contributed by atoms with van der Waals surface area (Å²) in [6.07, 6.45) is 3.15. The highest BCUT2D eigenvalue weighted by molar-refractivity contribution is 7.13. The summed E-state index contributed by atoms with van der Waals surface area (Å²) in [4.78, 5) is 41.3. The van der Waals surface area contributed by atoms with Gasteiger partial charge in [-0.05, 0) is 43.5 Å². The molecule has 1 aliphatic carbocycles. The molecule has 5 rings (SSSR count). The number of carbonyl (C=O) groups excluding carboxylic acids is 2. The van der Waals surface area contributed by atoms with Gasteiger partial charge in [-0.1, -0.05) is 11.6 Å². The summed E-state index contributed by atoms with van der Waals surface area (Å²) >= 11 is 7.48. The standard InChI is InChI=1S/C24H26ClN5O3S/c1-33-10-9-30-8-7-19-21(13-30)34-24(29-19)23(32)28-18-4-2-3-17(18)27-22(31)20-12-14-11-15(25)5-6-16(14)26-20/h5-6,11-12,17,26H,2-4,7-10,13H2,1H3,(H,27,31)/t17-/m1/s1. The number of halogens is 1. The summed E-state index contributed by atoms with van der Waals surface area (Å²) in [6.45, 7) is 3.25. The maximum Gasteiger partial charge on any atom is 0.305 e. The number of hydrogen-bond acceptors (Lipinski definition) is 6. The van der Waals surface area contributed by atoms with E-state index in [2.05, 4.69) is 25.2 Å². The molecule has 1 aromatic carbocycles. The van der Waals surface area contributed by atoms with Crippen LogP contribution in [0.15, 0.2) is 29.3 Å². The third-order valence-electron chi connectivity index (χ3n) is 6.31. The number of nitrogens with one attached hydrogen (secondary N) is 2. The highest BCUT2D eigenvalue weighted by Gasteiger charge is 2.28. The average molecular weight is 500 g/mol. The number of benzene rings is 1. The number of aliphatic imine (C=N–C) groups is 1. The Balaban J connectivity index is 1.26. The monoisotopic (exact) mass is 499 g/mol. The summed E-state index contributed by atoms with van der Waals surface area (Å²) in [7, 11) is 1.70. The van der Waals surface area contributed by atoms with Gasteiger partial charge in [0.1, 0.15) is 5.69 Å². The van der Waals surface area contributed by atoms with Gasteiger partial charge >= 0.3 is 5.91 Å². The maximum atomic E-state index is 12.9. The zero-order chi connectivity index (χ0) is 23.7. The normalized spacial score (nSPS) is 19.6. The minimum atomic E-state index is -0.320. The Bertz CT molecular complexity index is 1270. The van der Waals surface area contributed by atoms with Gasteiger partial charge in [0.2, 0.25) is 0 Å². The average Bonchev–Trinajstić information content (AvgIpc) is 3.55. The Morgan fingerprint density at radius 1 is 1.35 bits per heavy atom. The minimum Gasteiger partial charge on any atom is -0.383 e. The summed E-state index contributed by atoms with van der Waals surface area (Å²) in [6, 6.07) is 6.97. The zero-order valence-corrected chi connectivity index (χ0v) is 20.5. The molecule has 3 aromatic rings. The molecule has 0 saturated heterocycles. The maximum absolute atomic E-state index is 12.9. The molecule has 10 heteroatoms. The molecule has 2 aliphatic rings. The van der Waals surface area contributed by atoms with Crippen molar-refractivity contribution in [1.82, 2.24) is 20.2 Å². The molecule has 2 N–H and O–H groups in total. The highest BCUT2D eigenvalue weighted by atomic mass is 35.5.